The van der Waals surface area contributed by atoms with E-state index in [0.29, 0.717) is 18.4 Å². The summed E-state index contributed by atoms with van der Waals surface area (Å²) < 4.78 is 5.46. The Morgan fingerprint density at radius 3 is 2.80 bits per heavy atom. The monoisotopic (exact) mass is 277 g/mol. The number of methoxy groups -OCH3 is 1. The van der Waals surface area contributed by atoms with Crippen LogP contribution in [0.3, 0.4) is 0 Å². The third-order valence-corrected chi connectivity index (χ3v) is 4.59. The zero-order chi connectivity index (χ0) is 14.5. The first-order chi connectivity index (χ1) is 9.65. The molecule has 20 heavy (non-hydrogen) atoms. The molecule has 0 saturated heterocycles. The lowest BCUT2D eigenvalue weighted by Crippen LogP contribution is -2.29. The summed E-state index contributed by atoms with van der Waals surface area (Å²) in [4.78, 5) is 0. The Morgan fingerprint density at radius 1 is 1.35 bits per heavy atom. The van der Waals surface area contributed by atoms with E-state index in [9.17, 15) is 5.11 Å². The Bertz CT molecular complexity index is 433. The van der Waals surface area contributed by atoms with Gasteiger partial charge < -0.3 is 15.2 Å². The van der Waals surface area contributed by atoms with Gasteiger partial charge in [-0.3, -0.25) is 0 Å². The van der Waals surface area contributed by atoms with Crippen LogP contribution in [0.1, 0.15) is 43.4 Å². The molecule has 0 spiro atoms. The first-order valence-electron chi connectivity index (χ1n) is 7.64. The van der Waals surface area contributed by atoms with Gasteiger partial charge in [0.2, 0.25) is 0 Å². The molecule has 0 amide bonds. The SMILES string of the molecule is COc1ccc(C)cc1C(C)NCC1CCCC1CO. The number of aryl methyl sites for hydroxylation is 1. The lowest BCUT2D eigenvalue weighted by Gasteiger charge is -2.23. The molecule has 2 N–H and O–H groups in total. The Labute approximate surface area is 122 Å². The molecule has 3 atom stereocenters. The quantitative estimate of drug-likeness (QED) is 0.839. The molecule has 0 aromatic heterocycles. The molecule has 1 aliphatic rings. The van der Waals surface area contributed by atoms with E-state index < -0.39 is 0 Å². The minimum Gasteiger partial charge on any atom is -0.496 e. The topological polar surface area (TPSA) is 41.5 Å². The van der Waals surface area contributed by atoms with Crippen LogP contribution in [0.25, 0.3) is 0 Å². The highest BCUT2D eigenvalue weighted by atomic mass is 16.5. The fourth-order valence-electron chi connectivity index (χ4n) is 3.25. The van der Waals surface area contributed by atoms with Crippen LogP contribution in [0.15, 0.2) is 18.2 Å². The molecular formula is C17H27NO2. The predicted molar refractivity (Wildman–Crippen MR) is 82.1 cm³/mol. The van der Waals surface area contributed by atoms with Crippen molar-refractivity contribution >= 4 is 0 Å². The van der Waals surface area contributed by atoms with Crippen molar-refractivity contribution in [2.45, 2.75) is 39.2 Å². The minimum atomic E-state index is 0.268. The molecule has 2 rings (SSSR count). The van der Waals surface area contributed by atoms with Crippen molar-refractivity contribution in [3.63, 3.8) is 0 Å². The molecule has 0 bridgehead atoms. The van der Waals surface area contributed by atoms with Gasteiger partial charge in [0.25, 0.3) is 0 Å². The second kappa shape index (κ2) is 7.09. The van der Waals surface area contributed by atoms with E-state index in [2.05, 4.69) is 31.3 Å². The van der Waals surface area contributed by atoms with Crippen LogP contribution in [0.2, 0.25) is 0 Å². The smallest absolute Gasteiger partial charge is 0.123 e. The van der Waals surface area contributed by atoms with Gasteiger partial charge >= 0.3 is 0 Å². The Hall–Kier alpha value is -1.06. The Morgan fingerprint density at radius 2 is 2.10 bits per heavy atom. The third kappa shape index (κ3) is 3.53. The van der Waals surface area contributed by atoms with Gasteiger partial charge in [-0.05, 0) is 51.1 Å². The van der Waals surface area contributed by atoms with Crippen LogP contribution in [-0.2, 0) is 0 Å². The predicted octanol–water partition coefficient (Wildman–Crippen LogP) is 3.06. The number of nitrogens with one attached hydrogen (secondary N) is 1. The van der Waals surface area contributed by atoms with Gasteiger partial charge in [0, 0.05) is 18.2 Å². The minimum absolute atomic E-state index is 0.268. The lowest BCUT2D eigenvalue weighted by molar-refractivity contribution is 0.190. The Balaban J connectivity index is 1.97. The summed E-state index contributed by atoms with van der Waals surface area (Å²) in [5.41, 5.74) is 2.47. The summed E-state index contributed by atoms with van der Waals surface area (Å²) >= 11 is 0. The fourth-order valence-corrected chi connectivity index (χ4v) is 3.25. The van der Waals surface area contributed by atoms with E-state index >= 15 is 0 Å². The van der Waals surface area contributed by atoms with Gasteiger partial charge in [-0.25, -0.2) is 0 Å². The average molecular weight is 277 g/mol. The molecule has 112 valence electrons. The van der Waals surface area contributed by atoms with Gasteiger partial charge in [-0.1, -0.05) is 24.1 Å². The third-order valence-electron chi connectivity index (χ3n) is 4.59. The standard InChI is InChI=1S/C17H27NO2/c1-12-7-8-17(20-3)16(9-12)13(2)18-10-14-5-4-6-15(14)11-19/h7-9,13-15,18-19H,4-6,10-11H2,1-3H3. The molecule has 0 heterocycles. The first-order valence-corrected chi connectivity index (χ1v) is 7.64. The summed E-state index contributed by atoms with van der Waals surface area (Å²) in [7, 11) is 1.72. The summed E-state index contributed by atoms with van der Waals surface area (Å²) in [5, 5.41) is 13.0. The molecule has 3 heteroatoms. The molecule has 1 fully saturated rings. The molecule has 1 aliphatic carbocycles. The van der Waals surface area contributed by atoms with Crippen LogP contribution >= 0.6 is 0 Å². The highest BCUT2D eigenvalue weighted by Gasteiger charge is 2.26. The van der Waals surface area contributed by atoms with Crippen molar-refractivity contribution in [2.24, 2.45) is 11.8 Å². The number of hydrogen-bond acceptors (Lipinski definition) is 3. The number of rotatable bonds is 6. The largest absolute Gasteiger partial charge is 0.496 e. The molecular weight excluding hydrogens is 250 g/mol. The van der Waals surface area contributed by atoms with Crippen molar-refractivity contribution in [3.8, 4) is 5.75 Å². The summed E-state index contributed by atoms with van der Waals surface area (Å²) in [6.45, 7) is 5.59. The van der Waals surface area contributed by atoms with Crippen molar-refractivity contribution in [3.05, 3.63) is 29.3 Å². The van der Waals surface area contributed by atoms with Crippen LogP contribution < -0.4 is 10.1 Å². The second-order valence-electron chi connectivity index (χ2n) is 6.01. The van der Waals surface area contributed by atoms with Crippen LogP contribution in [0.4, 0.5) is 0 Å². The molecule has 1 saturated carbocycles. The highest BCUT2D eigenvalue weighted by Crippen LogP contribution is 2.32. The lowest BCUT2D eigenvalue weighted by atomic mass is 9.96. The van der Waals surface area contributed by atoms with Crippen LogP contribution in [0, 0.1) is 18.8 Å². The summed E-state index contributed by atoms with van der Waals surface area (Å²) in [6, 6.07) is 6.57. The van der Waals surface area contributed by atoms with E-state index in [1.165, 1.54) is 30.4 Å². The van der Waals surface area contributed by atoms with E-state index in [0.717, 1.165) is 12.3 Å². The number of aliphatic hydroxyl groups is 1. The van der Waals surface area contributed by atoms with Crippen LogP contribution in [0.5, 0.6) is 5.75 Å². The maximum atomic E-state index is 9.39. The number of benzene rings is 1. The second-order valence-corrected chi connectivity index (χ2v) is 6.01. The first kappa shape index (κ1) is 15.3. The van der Waals surface area contributed by atoms with Gasteiger partial charge in [0.05, 0.1) is 7.11 Å². The highest BCUT2D eigenvalue weighted by molar-refractivity contribution is 5.38. The molecule has 1 aromatic carbocycles. The van der Waals surface area contributed by atoms with E-state index in [-0.39, 0.29) is 6.04 Å². The maximum Gasteiger partial charge on any atom is 0.123 e. The van der Waals surface area contributed by atoms with E-state index in [1.54, 1.807) is 7.11 Å². The van der Waals surface area contributed by atoms with Crippen molar-refractivity contribution in [1.82, 2.24) is 5.32 Å². The van der Waals surface area contributed by atoms with Gasteiger partial charge in [0.15, 0.2) is 0 Å². The normalized spacial score (nSPS) is 23.8. The molecule has 3 nitrogen and oxygen atoms in total. The van der Waals surface area contributed by atoms with E-state index in [1.807, 2.05) is 6.07 Å². The fraction of sp³-hybridized carbons (Fsp3) is 0.647. The van der Waals surface area contributed by atoms with Crippen molar-refractivity contribution < 1.29 is 9.84 Å². The number of ether oxygens (including phenoxy) is 1. The van der Waals surface area contributed by atoms with Crippen LogP contribution in [-0.4, -0.2) is 25.4 Å². The Kier molecular flexibility index (Phi) is 5.44. The zero-order valence-electron chi connectivity index (χ0n) is 12.9. The van der Waals surface area contributed by atoms with Gasteiger partial charge in [-0.2, -0.15) is 0 Å². The number of aliphatic hydroxyl groups excluding tert-OH is 1. The zero-order valence-corrected chi connectivity index (χ0v) is 12.9. The molecule has 1 aromatic rings. The van der Waals surface area contributed by atoms with Gasteiger partial charge in [-0.15, -0.1) is 0 Å². The average Bonchev–Trinajstić information content (AvgIpc) is 2.92. The molecule has 0 radical (unpaired) electrons. The van der Waals surface area contributed by atoms with Gasteiger partial charge in [0.1, 0.15) is 5.75 Å². The molecule has 0 aliphatic heterocycles. The van der Waals surface area contributed by atoms with Crippen molar-refractivity contribution in [2.75, 3.05) is 20.3 Å². The molecule has 3 unspecified atom stereocenters. The summed E-state index contributed by atoms with van der Waals surface area (Å²) in [6.07, 6.45) is 3.65. The summed E-state index contributed by atoms with van der Waals surface area (Å²) in [5.74, 6) is 2.04. The van der Waals surface area contributed by atoms with E-state index in [4.69, 9.17) is 4.74 Å². The maximum absolute atomic E-state index is 9.39. The van der Waals surface area contributed by atoms with Crippen molar-refractivity contribution in [1.29, 1.82) is 0 Å². The number of hydrogen-bond donors (Lipinski definition) is 2.